The number of hydrogen-bond acceptors (Lipinski definition) is 4. The van der Waals surface area contributed by atoms with E-state index in [1.807, 2.05) is 30.0 Å². The molecule has 3 N–H and O–H groups in total. The lowest BCUT2D eigenvalue weighted by molar-refractivity contribution is 0.406. The van der Waals surface area contributed by atoms with E-state index in [4.69, 9.17) is 22.2 Å². The summed E-state index contributed by atoms with van der Waals surface area (Å²) in [6.45, 7) is 0. The summed E-state index contributed by atoms with van der Waals surface area (Å²) in [5, 5.41) is 1.55. The van der Waals surface area contributed by atoms with Gasteiger partial charge >= 0.3 is 0 Å². The maximum absolute atomic E-state index is 6.07. The Morgan fingerprint density at radius 2 is 2.20 bits per heavy atom. The number of thioether (sulfide) groups is 1. The topological polar surface area (TPSA) is 47.3 Å². The third kappa shape index (κ3) is 4.55. The van der Waals surface area contributed by atoms with Gasteiger partial charge < -0.3 is 4.74 Å². The van der Waals surface area contributed by atoms with Crippen molar-refractivity contribution in [3.8, 4) is 5.75 Å². The van der Waals surface area contributed by atoms with Crippen LogP contribution in [0.2, 0.25) is 5.02 Å². The summed E-state index contributed by atoms with van der Waals surface area (Å²) >= 11 is 8.11. The Bertz CT molecular complexity index is 424. The second-order valence-corrected chi connectivity index (χ2v) is 7.03. The zero-order valence-electron chi connectivity index (χ0n) is 11.9. The van der Waals surface area contributed by atoms with E-state index in [0.29, 0.717) is 0 Å². The Kier molecular flexibility index (Phi) is 6.49. The summed E-state index contributed by atoms with van der Waals surface area (Å²) < 4.78 is 5.39. The monoisotopic (exact) mass is 314 g/mol. The lowest BCUT2D eigenvalue weighted by Gasteiger charge is -2.19. The summed E-state index contributed by atoms with van der Waals surface area (Å²) in [5.41, 5.74) is 4.03. The lowest BCUT2D eigenvalue weighted by atomic mass is 10.1. The van der Waals surface area contributed by atoms with Gasteiger partial charge in [-0.05, 0) is 43.0 Å². The van der Waals surface area contributed by atoms with Gasteiger partial charge in [0.05, 0.1) is 7.11 Å². The van der Waals surface area contributed by atoms with Crippen LogP contribution < -0.4 is 16.0 Å². The van der Waals surface area contributed by atoms with Crippen LogP contribution in [0.25, 0.3) is 0 Å². The second-order valence-electron chi connectivity index (χ2n) is 5.26. The highest BCUT2D eigenvalue weighted by molar-refractivity contribution is 7.99. The SMILES string of the molecule is COc1ccc(Cl)cc1CC(CSC1CCCC1)NN. The number of nitrogens with one attached hydrogen (secondary N) is 1. The van der Waals surface area contributed by atoms with Gasteiger partial charge in [0.25, 0.3) is 0 Å². The molecule has 112 valence electrons. The molecule has 20 heavy (non-hydrogen) atoms. The predicted molar refractivity (Wildman–Crippen MR) is 87.5 cm³/mol. The molecule has 1 aromatic rings. The minimum atomic E-state index is 0.243. The average Bonchev–Trinajstić information content (AvgIpc) is 2.97. The van der Waals surface area contributed by atoms with Crippen molar-refractivity contribution in [3.05, 3.63) is 28.8 Å². The molecule has 5 heteroatoms. The van der Waals surface area contributed by atoms with Crippen molar-refractivity contribution in [2.75, 3.05) is 12.9 Å². The first-order valence-corrected chi connectivity index (χ1v) is 8.55. The van der Waals surface area contributed by atoms with Crippen molar-refractivity contribution in [3.63, 3.8) is 0 Å². The third-order valence-electron chi connectivity index (χ3n) is 3.78. The van der Waals surface area contributed by atoms with E-state index < -0.39 is 0 Å². The highest BCUT2D eigenvalue weighted by atomic mass is 35.5. The molecule has 0 amide bonds. The van der Waals surface area contributed by atoms with E-state index in [2.05, 4.69) is 5.43 Å². The van der Waals surface area contributed by atoms with Crippen LogP contribution in [-0.4, -0.2) is 24.2 Å². The van der Waals surface area contributed by atoms with Crippen LogP contribution in [0.1, 0.15) is 31.2 Å². The second kappa shape index (κ2) is 8.13. The first kappa shape index (κ1) is 16.0. The number of nitrogens with two attached hydrogens (primary N) is 1. The van der Waals surface area contributed by atoms with Gasteiger partial charge in [0.15, 0.2) is 0 Å². The zero-order valence-corrected chi connectivity index (χ0v) is 13.5. The van der Waals surface area contributed by atoms with Crippen LogP contribution in [-0.2, 0) is 6.42 Å². The van der Waals surface area contributed by atoms with Crippen molar-refractivity contribution >= 4 is 23.4 Å². The Hall–Kier alpha value is -0.420. The minimum absolute atomic E-state index is 0.243. The molecule has 1 aliphatic carbocycles. The van der Waals surface area contributed by atoms with E-state index in [0.717, 1.165) is 33.8 Å². The molecule has 1 aromatic carbocycles. The summed E-state index contributed by atoms with van der Waals surface area (Å²) in [5.74, 6) is 7.60. The summed E-state index contributed by atoms with van der Waals surface area (Å²) in [4.78, 5) is 0. The lowest BCUT2D eigenvalue weighted by Crippen LogP contribution is -2.39. The van der Waals surface area contributed by atoms with E-state index >= 15 is 0 Å². The fourth-order valence-electron chi connectivity index (χ4n) is 2.65. The van der Waals surface area contributed by atoms with Crippen LogP contribution >= 0.6 is 23.4 Å². The van der Waals surface area contributed by atoms with Crippen molar-refractivity contribution < 1.29 is 4.74 Å². The molecule has 0 aromatic heterocycles. The highest BCUT2D eigenvalue weighted by Crippen LogP contribution is 2.30. The Labute approximate surface area is 130 Å². The minimum Gasteiger partial charge on any atom is -0.496 e. The molecule has 0 saturated heterocycles. The van der Waals surface area contributed by atoms with E-state index in [1.165, 1.54) is 25.7 Å². The fourth-order valence-corrected chi connectivity index (χ4v) is 4.23. The maximum atomic E-state index is 6.07. The molecule has 0 heterocycles. The molecule has 2 rings (SSSR count). The number of ether oxygens (including phenoxy) is 1. The van der Waals surface area contributed by atoms with Crippen LogP contribution in [0.15, 0.2) is 18.2 Å². The van der Waals surface area contributed by atoms with E-state index in [-0.39, 0.29) is 6.04 Å². The molecule has 3 nitrogen and oxygen atoms in total. The predicted octanol–water partition coefficient (Wildman–Crippen LogP) is 3.40. The Morgan fingerprint density at radius 3 is 2.85 bits per heavy atom. The Morgan fingerprint density at radius 1 is 1.45 bits per heavy atom. The fraction of sp³-hybridized carbons (Fsp3) is 0.600. The molecule has 1 fully saturated rings. The van der Waals surface area contributed by atoms with Crippen molar-refractivity contribution in [2.24, 2.45) is 5.84 Å². The number of benzene rings is 1. The van der Waals surface area contributed by atoms with Gasteiger partial charge in [-0.3, -0.25) is 11.3 Å². The van der Waals surface area contributed by atoms with Crippen LogP contribution in [0.4, 0.5) is 0 Å². The van der Waals surface area contributed by atoms with Gasteiger partial charge in [-0.15, -0.1) is 0 Å². The van der Waals surface area contributed by atoms with Gasteiger partial charge in [-0.2, -0.15) is 11.8 Å². The molecule has 0 spiro atoms. The highest BCUT2D eigenvalue weighted by Gasteiger charge is 2.18. The van der Waals surface area contributed by atoms with E-state index in [9.17, 15) is 0 Å². The molecule has 0 aliphatic heterocycles. The molecule has 1 atom stereocenters. The van der Waals surface area contributed by atoms with Gasteiger partial charge in [-0.1, -0.05) is 24.4 Å². The van der Waals surface area contributed by atoms with Gasteiger partial charge in [0.1, 0.15) is 5.75 Å². The number of hydrogen-bond donors (Lipinski definition) is 2. The number of halogens is 1. The molecule has 0 radical (unpaired) electrons. The Balaban J connectivity index is 1.92. The van der Waals surface area contributed by atoms with Gasteiger partial charge in [0, 0.05) is 22.1 Å². The van der Waals surface area contributed by atoms with Crippen LogP contribution in [0.5, 0.6) is 5.75 Å². The molecular weight excluding hydrogens is 292 g/mol. The first-order chi connectivity index (χ1) is 9.72. The average molecular weight is 315 g/mol. The quantitative estimate of drug-likeness (QED) is 0.598. The van der Waals surface area contributed by atoms with Gasteiger partial charge in [-0.25, -0.2) is 0 Å². The molecule has 1 saturated carbocycles. The van der Waals surface area contributed by atoms with Crippen molar-refractivity contribution in [1.29, 1.82) is 0 Å². The molecule has 1 aliphatic rings. The zero-order chi connectivity index (χ0) is 14.4. The van der Waals surface area contributed by atoms with Gasteiger partial charge in [0.2, 0.25) is 0 Å². The maximum Gasteiger partial charge on any atom is 0.122 e. The van der Waals surface area contributed by atoms with Crippen molar-refractivity contribution in [2.45, 2.75) is 43.4 Å². The summed E-state index contributed by atoms with van der Waals surface area (Å²) in [6.07, 6.45) is 6.28. The molecule has 1 unspecified atom stereocenters. The largest absolute Gasteiger partial charge is 0.496 e. The summed E-state index contributed by atoms with van der Waals surface area (Å²) in [7, 11) is 1.69. The molecular formula is C15H23ClN2OS. The first-order valence-electron chi connectivity index (χ1n) is 7.13. The number of hydrazine groups is 1. The summed E-state index contributed by atoms with van der Waals surface area (Å²) in [6, 6.07) is 5.97. The van der Waals surface area contributed by atoms with Crippen molar-refractivity contribution in [1.82, 2.24) is 5.43 Å². The van der Waals surface area contributed by atoms with Crippen LogP contribution in [0, 0.1) is 0 Å². The molecule has 0 bridgehead atoms. The normalized spacial score (nSPS) is 17.4. The smallest absolute Gasteiger partial charge is 0.122 e. The number of methoxy groups -OCH3 is 1. The van der Waals surface area contributed by atoms with E-state index in [1.54, 1.807) is 7.11 Å². The van der Waals surface area contributed by atoms with Crippen LogP contribution in [0.3, 0.4) is 0 Å². The number of rotatable bonds is 7. The standard InChI is InChI=1S/C15H23ClN2OS/c1-19-15-7-6-12(16)8-11(15)9-13(18-17)10-20-14-4-2-3-5-14/h6-8,13-14,18H,2-5,9-10,17H2,1H3. The third-order valence-corrected chi connectivity index (χ3v) is 5.55.